The summed E-state index contributed by atoms with van der Waals surface area (Å²) in [6.07, 6.45) is 0.507. The number of rotatable bonds is 5. The van der Waals surface area contributed by atoms with Crippen LogP contribution in [0.4, 0.5) is 0 Å². The van der Waals surface area contributed by atoms with Crippen molar-refractivity contribution in [3.8, 4) is 0 Å². The number of hydrogen-bond donors (Lipinski definition) is 1. The molecule has 2 atom stereocenters. The Kier molecular flexibility index (Phi) is 5.52. The van der Waals surface area contributed by atoms with E-state index >= 15 is 0 Å². The maximum Gasteiger partial charge on any atom is 0.239 e. The molecule has 1 aliphatic heterocycles. The van der Waals surface area contributed by atoms with Crippen LogP contribution in [0.1, 0.15) is 5.56 Å². The Bertz CT molecular complexity index is 422. The first-order chi connectivity index (χ1) is 9.70. The highest BCUT2D eigenvalue weighted by Gasteiger charge is 2.27. The molecule has 1 heterocycles. The summed E-state index contributed by atoms with van der Waals surface area (Å²) in [6.45, 7) is 2.19. The van der Waals surface area contributed by atoms with Gasteiger partial charge in [0.25, 0.3) is 0 Å². The summed E-state index contributed by atoms with van der Waals surface area (Å²) >= 11 is 0. The maximum atomic E-state index is 12.4. The highest BCUT2D eigenvalue weighted by atomic mass is 16.5. The van der Waals surface area contributed by atoms with Crippen LogP contribution in [-0.2, 0) is 20.7 Å². The highest BCUT2D eigenvalue weighted by Crippen LogP contribution is 2.09. The van der Waals surface area contributed by atoms with Gasteiger partial charge in [-0.25, -0.2) is 0 Å². The molecule has 0 aromatic heterocycles. The van der Waals surface area contributed by atoms with Gasteiger partial charge >= 0.3 is 0 Å². The molecule has 2 N–H and O–H groups in total. The second-order valence-corrected chi connectivity index (χ2v) is 5.03. The number of amides is 1. The van der Waals surface area contributed by atoms with Crippen LogP contribution in [0, 0.1) is 0 Å². The molecule has 5 nitrogen and oxygen atoms in total. The van der Waals surface area contributed by atoms with Gasteiger partial charge in [-0.2, -0.15) is 0 Å². The highest BCUT2D eigenvalue weighted by molar-refractivity contribution is 5.82. The van der Waals surface area contributed by atoms with Gasteiger partial charge in [-0.3, -0.25) is 4.79 Å². The van der Waals surface area contributed by atoms with Crippen molar-refractivity contribution < 1.29 is 14.3 Å². The van der Waals surface area contributed by atoms with Crippen LogP contribution in [0.15, 0.2) is 30.3 Å². The third-order valence-corrected chi connectivity index (χ3v) is 3.42. The van der Waals surface area contributed by atoms with Crippen LogP contribution in [0.3, 0.4) is 0 Å². The average molecular weight is 278 g/mol. The van der Waals surface area contributed by atoms with Gasteiger partial charge in [0.15, 0.2) is 0 Å². The van der Waals surface area contributed by atoms with Crippen molar-refractivity contribution in [3.05, 3.63) is 35.9 Å². The van der Waals surface area contributed by atoms with Gasteiger partial charge in [0.05, 0.1) is 25.4 Å². The Morgan fingerprint density at radius 2 is 2.25 bits per heavy atom. The van der Waals surface area contributed by atoms with E-state index in [0.717, 1.165) is 5.56 Å². The van der Waals surface area contributed by atoms with Gasteiger partial charge in [0.1, 0.15) is 0 Å². The number of carbonyl (C=O) groups is 1. The molecule has 110 valence electrons. The summed E-state index contributed by atoms with van der Waals surface area (Å²) in [6, 6.07) is 9.33. The van der Waals surface area contributed by atoms with Crippen LogP contribution in [-0.4, -0.2) is 56.4 Å². The Morgan fingerprint density at radius 3 is 2.95 bits per heavy atom. The van der Waals surface area contributed by atoms with Gasteiger partial charge in [-0.1, -0.05) is 30.3 Å². The fourth-order valence-corrected chi connectivity index (χ4v) is 2.40. The van der Waals surface area contributed by atoms with Gasteiger partial charge in [0, 0.05) is 20.2 Å². The molecule has 0 bridgehead atoms. The second-order valence-electron chi connectivity index (χ2n) is 5.03. The van der Waals surface area contributed by atoms with Crippen molar-refractivity contribution in [1.82, 2.24) is 4.90 Å². The molecule has 5 heteroatoms. The van der Waals surface area contributed by atoms with Crippen molar-refractivity contribution in [2.45, 2.75) is 18.6 Å². The summed E-state index contributed by atoms with van der Waals surface area (Å²) in [5.41, 5.74) is 7.11. The molecule has 1 saturated heterocycles. The number of nitrogens with zero attached hydrogens (tertiary/aromatic N) is 1. The van der Waals surface area contributed by atoms with E-state index in [0.29, 0.717) is 32.7 Å². The van der Waals surface area contributed by atoms with Gasteiger partial charge in [-0.15, -0.1) is 0 Å². The Labute approximate surface area is 119 Å². The quantitative estimate of drug-likeness (QED) is 0.848. The molecule has 2 rings (SSSR count). The third kappa shape index (κ3) is 4.03. The van der Waals surface area contributed by atoms with Crippen molar-refractivity contribution in [3.63, 3.8) is 0 Å². The molecule has 1 aliphatic rings. The lowest BCUT2D eigenvalue weighted by Crippen LogP contribution is -2.52. The minimum absolute atomic E-state index is 0.0155. The van der Waals surface area contributed by atoms with E-state index in [1.54, 1.807) is 12.0 Å². The van der Waals surface area contributed by atoms with Gasteiger partial charge in [0.2, 0.25) is 5.91 Å². The first-order valence-corrected chi connectivity index (χ1v) is 6.89. The third-order valence-electron chi connectivity index (χ3n) is 3.42. The minimum Gasteiger partial charge on any atom is -0.382 e. The van der Waals surface area contributed by atoms with E-state index in [2.05, 4.69) is 0 Å². The van der Waals surface area contributed by atoms with Crippen molar-refractivity contribution in [1.29, 1.82) is 0 Å². The average Bonchev–Trinajstić information content (AvgIpc) is 2.48. The topological polar surface area (TPSA) is 64.8 Å². The van der Waals surface area contributed by atoms with E-state index in [-0.39, 0.29) is 12.0 Å². The molecule has 0 spiro atoms. The summed E-state index contributed by atoms with van der Waals surface area (Å²) in [5, 5.41) is 0. The first kappa shape index (κ1) is 15.0. The molecule has 0 aliphatic carbocycles. The predicted octanol–water partition coefficient (Wildman–Crippen LogP) is 0.430. The minimum atomic E-state index is -0.501. The number of morpholine rings is 1. The number of nitrogens with two attached hydrogens (primary N) is 1. The number of methoxy groups -OCH3 is 1. The van der Waals surface area contributed by atoms with Crippen LogP contribution in [0.5, 0.6) is 0 Å². The van der Waals surface area contributed by atoms with Crippen LogP contribution >= 0.6 is 0 Å². The number of benzene rings is 1. The maximum absolute atomic E-state index is 12.4. The van der Waals surface area contributed by atoms with Crippen LogP contribution in [0.2, 0.25) is 0 Å². The molecule has 1 aromatic rings. The second kappa shape index (κ2) is 7.38. The molecule has 20 heavy (non-hydrogen) atoms. The normalized spacial score (nSPS) is 20.7. The monoisotopic (exact) mass is 278 g/mol. The Hall–Kier alpha value is -1.43. The summed E-state index contributed by atoms with van der Waals surface area (Å²) in [5.74, 6) is -0.0155. The Balaban J connectivity index is 1.89. The number of ether oxygens (including phenoxy) is 2. The zero-order valence-electron chi connectivity index (χ0n) is 11.8. The molecular formula is C15H22N2O3. The zero-order chi connectivity index (χ0) is 14.4. The fraction of sp³-hybridized carbons (Fsp3) is 0.533. The fourth-order valence-electron chi connectivity index (χ4n) is 2.40. The van der Waals surface area contributed by atoms with Crippen LogP contribution < -0.4 is 5.73 Å². The van der Waals surface area contributed by atoms with Gasteiger partial charge in [-0.05, 0) is 12.0 Å². The number of hydrogen-bond acceptors (Lipinski definition) is 4. The lowest BCUT2D eigenvalue weighted by atomic mass is 10.1. The first-order valence-electron chi connectivity index (χ1n) is 6.89. The molecule has 1 amide bonds. The number of carbonyl (C=O) groups excluding carboxylic acids is 1. The van der Waals surface area contributed by atoms with E-state index in [1.165, 1.54) is 0 Å². The SMILES string of the molecule is COC[C@@H]1CN(C(=O)[C@H](N)Cc2ccccc2)CCO1. The van der Waals surface area contributed by atoms with Crippen molar-refractivity contribution in [2.75, 3.05) is 33.4 Å². The van der Waals surface area contributed by atoms with Gasteiger partial charge < -0.3 is 20.1 Å². The largest absolute Gasteiger partial charge is 0.382 e. The standard InChI is InChI=1S/C15H22N2O3/c1-19-11-13-10-17(7-8-20-13)15(18)14(16)9-12-5-3-2-4-6-12/h2-6,13-14H,7-11,16H2,1H3/t13-,14+/m0/s1. The zero-order valence-corrected chi connectivity index (χ0v) is 11.8. The molecule has 0 radical (unpaired) electrons. The molecular weight excluding hydrogens is 256 g/mol. The van der Waals surface area contributed by atoms with Crippen molar-refractivity contribution in [2.24, 2.45) is 5.73 Å². The molecule has 0 saturated carbocycles. The Morgan fingerprint density at radius 1 is 1.50 bits per heavy atom. The van der Waals surface area contributed by atoms with E-state index in [4.69, 9.17) is 15.2 Å². The lowest BCUT2D eigenvalue weighted by Gasteiger charge is -2.34. The molecule has 1 aromatic carbocycles. The molecule has 0 unspecified atom stereocenters. The van der Waals surface area contributed by atoms with E-state index in [9.17, 15) is 4.79 Å². The summed E-state index contributed by atoms with van der Waals surface area (Å²) in [7, 11) is 1.63. The van der Waals surface area contributed by atoms with E-state index in [1.807, 2.05) is 30.3 Å². The predicted molar refractivity (Wildman–Crippen MR) is 76.3 cm³/mol. The van der Waals surface area contributed by atoms with E-state index < -0.39 is 6.04 Å². The van der Waals surface area contributed by atoms with Crippen LogP contribution in [0.25, 0.3) is 0 Å². The summed E-state index contributed by atoms with van der Waals surface area (Å²) in [4.78, 5) is 14.1. The smallest absolute Gasteiger partial charge is 0.239 e. The van der Waals surface area contributed by atoms with Crippen molar-refractivity contribution >= 4 is 5.91 Å². The molecule has 1 fully saturated rings. The lowest BCUT2D eigenvalue weighted by molar-refractivity contribution is -0.142. The summed E-state index contributed by atoms with van der Waals surface area (Å²) < 4.78 is 10.6.